The monoisotopic (exact) mass is 525 g/mol. The Morgan fingerprint density at radius 3 is 2.58 bits per heavy atom. The minimum atomic E-state index is -2.94. The molecule has 1 aliphatic carbocycles. The summed E-state index contributed by atoms with van der Waals surface area (Å²) in [5, 5.41) is 4.26. The zero-order valence-electron chi connectivity index (χ0n) is 21.0. The molecule has 9 nitrogen and oxygen atoms in total. The number of nitrogens with two attached hydrogens (primary N) is 1. The summed E-state index contributed by atoms with van der Waals surface area (Å²) >= 11 is 0. The molecule has 0 unspecified atom stereocenters. The van der Waals surface area contributed by atoms with Crippen molar-refractivity contribution in [1.29, 1.82) is 0 Å². The lowest BCUT2D eigenvalue weighted by Gasteiger charge is -2.39. The van der Waals surface area contributed by atoms with Gasteiger partial charge in [-0.05, 0) is 63.6 Å². The van der Waals surface area contributed by atoms with Crippen LogP contribution >= 0.6 is 0 Å². The molecule has 2 aliphatic heterocycles. The second-order valence-corrected chi connectivity index (χ2v) is 10.3. The van der Waals surface area contributed by atoms with Crippen LogP contribution in [0.3, 0.4) is 0 Å². The maximum atomic E-state index is 13.0. The molecule has 3 atom stereocenters. The molecule has 4 heterocycles. The third kappa shape index (κ3) is 4.82. The van der Waals surface area contributed by atoms with Crippen molar-refractivity contribution in [1.82, 2.24) is 15.1 Å². The van der Waals surface area contributed by atoms with Crippen molar-refractivity contribution in [2.75, 3.05) is 4.90 Å². The number of ether oxygens (including phenoxy) is 2. The van der Waals surface area contributed by atoms with E-state index >= 15 is 0 Å². The van der Waals surface area contributed by atoms with E-state index in [0.717, 1.165) is 49.8 Å². The van der Waals surface area contributed by atoms with E-state index in [4.69, 9.17) is 19.7 Å². The third-order valence-corrected chi connectivity index (χ3v) is 7.60. The minimum Gasteiger partial charge on any atom is -0.434 e. The number of rotatable bonds is 9. The molecule has 3 fully saturated rings. The normalized spacial score (nSPS) is 22.7. The number of hydrogen-bond donors (Lipinski definition) is 1. The summed E-state index contributed by atoms with van der Waals surface area (Å²) in [5.74, 6) is 1.06. The Hall–Kier alpha value is -3.60. The van der Waals surface area contributed by atoms with Gasteiger partial charge in [0.05, 0.1) is 12.7 Å². The van der Waals surface area contributed by atoms with Gasteiger partial charge in [-0.3, -0.25) is 4.79 Å². The lowest BCUT2D eigenvalue weighted by atomic mass is 9.99. The topological polar surface area (TPSA) is 117 Å². The van der Waals surface area contributed by atoms with Crippen LogP contribution in [0.25, 0.3) is 11.3 Å². The summed E-state index contributed by atoms with van der Waals surface area (Å²) in [6.07, 6.45) is 5.53. The highest BCUT2D eigenvalue weighted by Crippen LogP contribution is 2.46. The summed E-state index contributed by atoms with van der Waals surface area (Å²) in [5.41, 5.74) is 8.12. The Bertz CT molecular complexity index is 1330. The number of carbonyl (C=O) groups is 1. The van der Waals surface area contributed by atoms with Gasteiger partial charge in [-0.15, -0.1) is 0 Å². The lowest BCUT2D eigenvalue weighted by molar-refractivity contribution is -0.0494. The van der Waals surface area contributed by atoms with Gasteiger partial charge in [0.1, 0.15) is 22.9 Å². The molecule has 200 valence electrons. The smallest absolute Gasteiger partial charge is 0.387 e. The first kappa shape index (κ1) is 24.7. The van der Waals surface area contributed by atoms with Gasteiger partial charge >= 0.3 is 6.61 Å². The fourth-order valence-electron chi connectivity index (χ4n) is 5.79. The molecule has 38 heavy (non-hydrogen) atoms. The van der Waals surface area contributed by atoms with E-state index in [2.05, 4.69) is 20.0 Å². The predicted molar refractivity (Wildman–Crippen MR) is 133 cm³/mol. The summed E-state index contributed by atoms with van der Waals surface area (Å²) in [7, 11) is 0. The van der Waals surface area contributed by atoms with Gasteiger partial charge < -0.3 is 24.6 Å². The average Bonchev–Trinajstić information content (AvgIpc) is 3.58. The quantitative estimate of drug-likeness (QED) is 0.426. The highest BCUT2D eigenvalue weighted by Gasteiger charge is 2.43. The van der Waals surface area contributed by atoms with E-state index < -0.39 is 12.5 Å². The Labute approximate surface area is 218 Å². The van der Waals surface area contributed by atoms with Crippen LogP contribution in [0.2, 0.25) is 0 Å². The van der Waals surface area contributed by atoms with Gasteiger partial charge in [-0.1, -0.05) is 17.3 Å². The summed E-state index contributed by atoms with van der Waals surface area (Å²) in [6.45, 7) is -0.846. The van der Waals surface area contributed by atoms with Crippen molar-refractivity contribution in [2.45, 2.75) is 82.8 Å². The summed E-state index contributed by atoms with van der Waals surface area (Å²) in [4.78, 5) is 23.0. The van der Waals surface area contributed by atoms with Crippen molar-refractivity contribution >= 4 is 11.9 Å². The number of fused-ring (bicyclic) bond motifs is 2. The van der Waals surface area contributed by atoms with Crippen LogP contribution in [0.5, 0.6) is 5.75 Å². The Balaban J connectivity index is 1.21. The molecule has 1 aromatic carbocycles. The van der Waals surface area contributed by atoms with Crippen molar-refractivity contribution in [2.24, 2.45) is 5.73 Å². The number of nitrogens with zero attached hydrogens (tertiary/aromatic N) is 4. The number of amides is 1. The van der Waals surface area contributed by atoms with Crippen LogP contribution in [0.4, 0.5) is 14.7 Å². The molecule has 1 amide bonds. The van der Waals surface area contributed by atoms with E-state index in [0.29, 0.717) is 22.9 Å². The number of alkyl halides is 2. The summed E-state index contributed by atoms with van der Waals surface area (Å²) < 4.78 is 43.0. The van der Waals surface area contributed by atoms with E-state index in [1.807, 2.05) is 6.92 Å². The molecular weight excluding hydrogens is 496 g/mol. The Kier molecular flexibility index (Phi) is 6.46. The third-order valence-electron chi connectivity index (χ3n) is 7.60. The zero-order valence-corrected chi connectivity index (χ0v) is 21.0. The highest BCUT2D eigenvalue weighted by atomic mass is 19.3. The zero-order chi connectivity index (χ0) is 26.4. The fourth-order valence-corrected chi connectivity index (χ4v) is 5.79. The van der Waals surface area contributed by atoms with Crippen LogP contribution in [0.1, 0.15) is 71.9 Å². The molecule has 0 radical (unpaired) electrons. The molecule has 2 bridgehead atoms. The van der Waals surface area contributed by atoms with Gasteiger partial charge in [-0.25, -0.2) is 9.97 Å². The second kappa shape index (κ2) is 9.94. The molecule has 3 aliphatic rings. The maximum Gasteiger partial charge on any atom is 0.387 e. The number of para-hydroxylation sites is 1. The number of primary amides is 1. The Morgan fingerprint density at radius 1 is 1.16 bits per heavy atom. The molecule has 2 aromatic heterocycles. The van der Waals surface area contributed by atoms with Gasteiger partial charge in [0.2, 0.25) is 5.95 Å². The van der Waals surface area contributed by atoms with Gasteiger partial charge in [-0.2, -0.15) is 8.78 Å². The number of aromatic nitrogens is 3. The number of anilines is 1. The van der Waals surface area contributed by atoms with Crippen molar-refractivity contribution < 1.29 is 27.6 Å². The number of benzene rings is 1. The number of halogens is 2. The predicted octanol–water partition coefficient (Wildman–Crippen LogP) is 4.73. The molecule has 2 N–H and O–H groups in total. The number of aryl methyl sites for hydroxylation is 1. The van der Waals surface area contributed by atoms with Crippen molar-refractivity contribution in [3.8, 4) is 17.0 Å². The fraction of sp³-hybridized carbons (Fsp3) is 0.481. The Morgan fingerprint density at radius 2 is 1.89 bits per heavy atom. The van der Waals surface area contributed by atoms with Crippen LogP contribution in [-0.2, 0) is 11.3 Å². The maximum absolute atomic E-state index is 13.0. The van der Waals surface area contributed by atoms with Crippen LogP contribution in [0, 0.1) is 6.92 Å². The second-order valence-electron chi connectivity index (χ2n) is 10.3. The van der Waals surface area contributed by atoms with E-state index in [1.54, 1.807) is 24.3 Å². The molecule has 1 saturated carbocycles. The first-order valence-corrected chi connectivity index (χ1v) is 13.0. The van der Waals surface area contributed by atoms with E-state index in [-0.39, 0.29) is 42.2 Å². The summed E-state index contributed by atoms with van der Waals surface area (Å²) in [6, 6.07) is 8.58. The molecule has 3 aromatic rings. The largest absolute Gasteiger partial charge is 0.434 e. The first-order chi connectivity index (χ1) is 18.4. The SMILES string of the molecule is Cc1cc(C(N)=O)nc(N2[C@@H]3CC[C@H]2C[C@@H](OCc2c(-c4ccccc4OC(F)F)noc2C2CC2)C3)n1. The molecule has 2 saturated heterocycles. The number of hydrogen-bond acceptors (Lipinski definition) is 8. The number of carbonyl (C=O) groups excluding carboxylic acids is 1. The van der Waals surface area contributed by atoms with Crippen LogP contribution < -0.4 is 15.4 Å². The van der Waals surface area contributed by atoms with Crippen molar-refractivity contribution in [3.63, 3.8) is 0 Å². The first-order valence-electron chi connectivity index (χ1n) is 13.0. The van der Waals surface area contributed by atoms with E-state index in [9.17, 15) is 13.6 Å². The van der Waals surface area contributed by atoms with Gasteiger partial charge in [0.15, 0.2) is 0 Å². The minimum absolute atomic E-state index is 0.00784. The van der Waals surface area contributed by atoms with E-state index in [1.165, 1.54) is 6.07 Å². The van der Waals surface area contributed by atoms with Gasteiger partial charge in [0.25, 0.3) is 5.91 Å². The molecule has 0 spiro atoms. The lowest BCUT2D eigenvalue weighted by Crippen LogP contribution is -2.46. The highest BCUT2D eigenvalue weighted by molar-refractivity contribution is 5.91. The van der Waals surface area contributed by atoms with Crippen LogP contribution in [0.15, 0.2) is 34.9 Å². The molecular formula is C27H29F2N5O4. The molecule has 11 heteroatoms. The van der Waals surface area contributed by atoms with Crippen LogP contribution in [-0.4, -0.2) is 45.8 Å². The molecule has 6 rings (SSSR count). The average molecular weight is 526 g/mol. The van der Waals surface area contributed by atoms with Crippen molar-refractivity contribution in [3.05, 3.63) is 53.0 Å². The standard InChI is InChI=1S/C27H29F2N5O4/c1-14-10-21(25(30)35)32-27(31-14)34-16-8-9-17(34)12-18(11-16)36-13-20-23(33-38-24(20)15-6-7-15)19-4-2-3-5-22(19)37-26(28)29/h2-5,10,15-18,26H,6-9,11-13H2,1H3,(H2,30,35)/t16-,17+,18+. The van der Waals surface area contributed by atoms with Gasteiger partial charge in [0, 0.05) is 34.8 Å². The number of piperidine rings is 1.